The van der Waals surface area contributed by atoms with Crippen molar-refractivity contribution in [1.82, 2.24) is 28.9 Å². The molecular formula is C24H32N8O5S. The molecule has 1 fully saturated rings. The van der Waals surface area contributed by atoms with Crippen molar-refractivity contribution in [3.8, 4) is 0 Å². The van der Waals surface area contributed by atoms with E-state index in [9.17, 15) is 18.6 Å². The number of hydrogen-bond donors (Lipinski definition) is 2. The van der Waals surface area contributed by atoms with Crippen LogP contribution >= 0.6 is 0 Å². The lowest BCUT2D eigenvalue weighted by molar-refractivity contribution is 0.103. The van der Waals surface area contributed by atoms with Crippen LogP contribution in [0.1, 0.15) is 31.7 Å². The lowest BCUT2D eigenvalue weighted by Gasteiger charge is -2.19. The number of ether oxygens (including phenoxy) is 1. The van der Waals surface area contributed by atoms with Crippen LogP contribution in [0.15, 0.2) is 40.3 Å². The van der Waals surface area contributed by atoms with E-state index in [0.717, 1.165) is 23.0 Å². The molecule has 204 valence electrons. The van der Waals surface area contributed by atoms with Gasteiger partial charge in [0.2, 0.25) is 5.16 Å². The van der Waals surface area contributed by atoms with Gasteiger partial charge in [0.25, 0.3) is 0 Å². The zero-order chi connectivity index (χ0) is 27.4. The Morgan fingerprint density at radius 3 is 2.53 bits per heavy atom. The number of nitrogens with one attached hydrogen (secondary N) is 1. The van der Waals surface area contributed by atoms with E-state index in [-0.39, 0.29) is 47.6 Å². The summed E-state index contributed by atoms with van der Waals surface area (Å²) in [5, 5.41) is -0.280. The summed E-state index contributed by atoms with van der Waals surface area (Å²) in [7, 11) is -1.88. The second-order valence-electron chi connectivity index (χ2n) is 9.15. The first-order valence-corrected chi connectivity index (χ1v) is 14.1. The predicted molar refractivity (Wildman–Crippen MR) is 142 cm³/mol. The maximum Gasteiger partial charge on any atom is 0.409 e. The number of hydrogen-bond acceptors (Lipinski definition) is 9. The first-order valence-electron chi connectivity index (χ1n) is 12.4. The highest BCUT2D eigenvalue weighted by Crippen LogP contribution is 2.22. The van der Waals surface area contributed by atoms with Gasteiger partial charge in [0.1, 0.15) is 21.9 Å². The maximum absolute atomic E-state index is 13.6. The number of carbonyl (C=O) groups is 2. The molecule has 3 heterocycles. The van der Waals surface area contributed by atoms with Crippen LogP contribution in [0.3, 0.4) is 0 Å². The number of likely N-dealkylation sites (N-methyl/N-ethyl adjacent to an activating group) is 1. The van der Waals surface area contributed by atoms with Crippen molar-refractivity contribution in [1.29, 1.82) is 4.78 Å². The van der Waals surface area contributed by atoms with E-state index < -0.39 is 27.5 Å². The summed E-state index contributed by atoms with van der Waals surface area (Å²) in [5.74, 6) is -0.202. The van der Waals surface area contributed by atoms with Crippen molar-refractivity contribution in [3.05, 3.63) is 46.4 Å². The number of nitrogen functional groups attached to an aromatic ring is 1. The summed E-state index contributed by atoms with van der Waals surface area (Å²) in [4.78, 5) is 50.4. The topological polar surface area (TPSA) is 170 Å². The monoisotopic (exact) mass is 544 g/mol. The molecule has 0 saturated carbocycles. The number of rotatable bonds is 8. The van der Waals surface area contributed by atoms with Crippen molar-refractivity contribution in [2.24, 2.45) is 0 Å². The van der Waals surface area contributed by atoms with Gasteiger partial charge in [-0.05, 0) is 24.8 Å². The number of fused-ring (bicyclic) bond motifs is 1. The molecule has 1 aliphatic rings. The molecule has 0 radical (unpaired) electrons. The second-order valence-corrected chi connectivity index (χ2v) is 11.3. The Morgan fingerprint density at radius 2 is 1.87 bits per heavy atom. The van der Waals surface area contributed by atoms with Gasteiger partial charge in [0, 0.05) is 25.9 Å². The summed E-state index contributed by atoms with van der Waals surface area (Å²) in [5.41, 5.74) is 6.23. The van der Waals surface area contributed by atoms with Crippen LogP contribution in [0.4, 0.5) is 15.4 Å². The largest absolute Gasteiger partial charge is 0.448 e. The fourth-order valence-electron chi connectivity index (χ4n) is 4.29. The van der Waals surface area contributed by atoms with Crippen LogP contribution in [0, 0.1) is 4.78 Å². The molecule has 1 aromatic carbocycles. The summed E-state index contributed by atoms with van der Waals surface area (Å²) in [6.45, 7) is 3.13. The summed E-state index contributed by atoms with van der Waals surface area (Å²) in [6.07, 6.45) is 1.90. The maximum atomic E-state index is 13.6. The number of anilines is 1. The van der Waals surface area contributed by atoms with Crippen molar-refractivity contribution < 1.29 is 18.5 Å². The first kappa shape index (κ1) is 27.1. The Bertz CT molecular complexity index is 1490. The average molecular weight is 545 g/mol. The van der Waals surface area contributed by atoms with Gasteiger partial charge in [-0.25, -0.2) is 32.9 Å². The van der Waals surface area contributed by atoms with E-state index >= 15 is 0 Å². The molecule has 0 bridgehead atoms. The second kappa shape index (κ2) is 11.2. The fourth-order valence-corrected chi connectivity index (χ4v) is 5.53. The average Bonchev–Trinajstić information content (AvgIpc) is 3.52. The third-order valence-corrected chi connectivity index (χ3v) is 8.03. The van der Waals surface area contributed by atoms with Crippen LogP contribution in [0.2, 0.25) is 0 Å². The van der Waals surface area contributed by atoms with Crippen LogP contribution < -0.4 is 11.4 Å². The Morgan fingerprint density at radius 1 is 1.18 bits per heavy atom. The molecule has 1 atom stereocenters. The molecule has 0 spiro atoms. The molecule has 1 unspecified atom stereocenters. The van der Waals surface area contributed by atoms with Crippen molar-refractivity contribution in [2.45, 2.75) is 37.9 Å². The van der Waals surface area contributed by atoms with Crippen molar-refractivity contribution in [3.63, 3.8) is 0 Å². The Balaban J connectivity index is 1.70. The number of aromatic nitrogens is 4. The normalized spacial score (nSPS) is 14.9. The molecule has 1 aliphatic heterocycles. The molecule has 3 N–H and O–H groups in total. The lowest BCUT2D eigenvalue weighted by Crippen LogP contribution is -2.40. The van der Waals surface area contributed by atoms with E-state index in [1.54, 1.807) is 11.8 Å². The van der Waals surface area contributed by atoms with E-state index in [4.69, 9.17) is 15.3 Å². The molecule has 14 heteroatoms. The quantitative estimate of drug-likeness (QED) is 0.406. The smallest absolute Gasteiger partial charge is 0.409 e. The Hall–Kier alpha value is -3.94. The summed E-state index contributed by atoms with van der Waals surface area (Å²) >= 11 is 0. The third kappa shape index (κ3) is 5.49. The zero-order valence-electron chi connectivity index (χ0n) is 21.5. The standard InChI is InChI=1S/C24H32N8O5S/c1-3-15-38(26,36)21-27-19(25)18-20(28-21)31(16-17-9-5-4-6-10-17)23(34)32(18)22(33)29(2)13-14-37-24(35)30-11-7-8-12-30/h4-6,9-10,26H,3,7-8,11-16H2,1-2H3,(H2,25,27,28). The molecule has 38 heavy (non-hydrogen) atoms. The number of carbonyl (C=O) groups excluding carboxylic acids is 2. The van der Waals surface area contributed by atoms with E-state index in [1.807, 2.05) is 30.3 Å². The molecule has 2 amide bonds. The van der Waals surface area contributed by atoms with Gasteiger partial charge < -0.3 is 20.3 Å². The SMILES string of the molecule is CCCS(=N)(=O)c1nc(N)c2c(n1)n(Cc1ccccc1)c(=O)n2C(=O)N(C)CCOC(=O)N1CCCC1. The molecule has 13 nitrogen and oxygen atoms in total. The summed E-state index contributed by atoms with van der Waals surface area (Å²) < 4.78 is 28.6. The molecule has 0 aliphatic carbocycles. The first-order chi connectivity index (χ1) is 18.1. The highest BCUT2D eigenvalue weighted by molar-refractivity contribution is 7.92. The molecule has 2 aromatic heterocycles. The van der Waals surface area contributed by atoms with Gasteiger partial charge in [0.05, 0.1) is 13.1 Å². The van der Waals surface area contributed by atoms with Gasteiger partial charge in [0.15, 0.2) is 11.5 Å². The molecular weight excluding hydrogens is 512 g/mol. The third-order valence-electron chi connectivity index (χ3n) is 6.28. The van der Waals surface area contributed by atoms with Gasteiger partial charge in [-0.3, -0.25) is 4.57 Å². The minimum absolute atomic E-state index is 0.0136. The van der Waals surface area contributed by atoms with Crippen LogP contribution in [0.5, 0.6) is 0 Å². The van der Waals surface area contributed by atoms with E-state index in [0.29, 0.717) is 19.5 Å². The van der Waals surface area contributed by atoms with Crippen molar-refractivity contribution >= 4 is 38.8 Å². The van der Waals surface area contributed by atoms with E-state index in [1.165, 1.54) is 16.5 Å². The van der Waals surface area contributed by atoms with Crippen LogP contribution in [-0.4, -0.2) is 84.3 Å². The fraction of sp³-hybridized carbons (Fsp3) is 0.458. The molecule has 3 aromatic rings. The number of imidazole rings is 1. The summed E-state index contributed by atoms with van der Waals surface area (Å²) in [6, 6.07) is 8.38. The predicted octanol–water partition coefficient (Wildman–Crippen LogP) is 2.17. The minimum Gasteiger partial charge on any atom is -0.448 e. The zero-order valence-corrected chi connectivity index (χ0v) is 22.3. The van der Waals surface area contributed by atoms with Crippen LogP contribution in [-0.2, 0) is 21.0 Å². The number of nitrogens with two attached hydrogens (primary N) is 1. The van der Waals surface area contributed by atoms with Gasteiger partial charge in [-0.1, -0.05) is 37.3 Å². The van der Waals surface area contributed by atoms with Crippen LogP contribution in [0.25, 0.3) is 11.2 Å². The van der Waals surface area contributed by atoms with Gasteiger partial charge in [-0.15, -0.1) is 0 Å². The highest BCUT2D eigenvalue weighted by Gasteiger charge is 2.27. The minimum atomic E-state index is -3.36. The number of amides is 2. The highest BCUT2D eigenvalue weighted by atomic mass is 32.2. The molecule has 1 saturated heterocycles. The van der Waals surface area contributed by atoms with Gasteiger partial charge >= 0.3 is 17.8 Å². The van der Waals surface area contributed by atoms with E-state index in [2.05, 4.69) is 9.97 Å². The Labute approximate surface area is 220 Å². The number of benzene rings is 1. The van der Waals surface area contributed by atoms with Gasteiger partial charge in [-0.2, -0.15) is 4.98 Å². The number of likely N-dealkylation sites (tertiary alicyclic amines) is 1. The Kier molecular flexibility index (Phi) is 7.99. The number of nitrogens with zero attached hydrogens (tertiary/aromatic N) is 6. The van der Waals surface area contributed by atoms with Crippen molar-refractivity contribution in [2.75, 3.05) is 44.8 Å². The lowest BCUT2D eigenvalue weighted by atomic mass is 10.2. The molecule has 4 rings (SSSR count).